The Balaban J connectivity index is 1.89. The minimum Gasteiger partial charge on any atom is -0.364 e. The zero-order chi connectivity index (χ0) is 13.2. The molecule has 0 N–H and O–H groups in total. The van der Waals surface area contributed by atoms with Gasteiger partial charge in [-0.15, -0.1) is 0 Å². The number of anilines is 1. The second-order valence-electron chi connectivity index (χ2n) is 5.13. The van der Waals surface area contributed by atoms with Crippen molar-refractivity contribution in [3.05, 3.63) is 58.9 Å². The van der Waals surface area contributed by atoms with Crippen LogP contribution in [0.3, 0.4) is 0 Å². The lowest BCUT2D eigenvalue weighted by molar-refractivity contribution is 0.560. The van der Waals surface area contributed by atoms with E-state index >= 15 is 0 Å². The maximum Gasteiger partial charge on any atom is 0.129 e. The van der Waals surface area contributed by atoms with Crippen LogP contribution in [0.2, 0.25) is 5.15 Å². The van der Waals surface area contributed by atoms with Gasteiger partial charge < -0.3 is 4.90 Å². The molecule has 19 heavy (non-hydrogen) atoms. The first kappa shape index (κ1) is 12.5. The van der Waals surface area contributed by atoms with Gasteiger partial charge in [-0.25, -0.2) is 4.98 Å². The molecular weight excluding hydrogens is 256 g/mol. The number of fused-ring (bicyclic) bond motifs is 1. The lowest BCUT2D eigenvalue weighted by atomic mass is 9.96. The molecule has 1 aromatic carbocycles. The summed E-state index contributed by atoms with van der Waals surface area (Å²) in [5.41, 5.74) is 4.01. The molecule has 2 aromatic rings. The highest BCUT2D eigenvalue weighted by atomic mass is 35.5. The Morgan fingerprint density at radius 2 is 2.11 bits per heavy atom. The van der Waals surface area contributed by atoms with Gasteiger partial charge in [-0.2, -0.15) is 0 Å². The molecule has 1 aliphatic heterocycles. The molecule has 0 spiro atoms. The maximum absolute atomic E-state index is 5.84. The first-order chi connectivity index (χ1) is 9.24. The average Bonchev–Trinajstić information content (AvgIpc) is 2.44. The van der Waals surface area contributed by atoms with Crippen LogP contribution in [-0.4, -0.2) is 11.0 Å². The number of aromatic nitrogens is 1. The van der Waals surface area contributed by atoms with Gasteiger partial charge in [-0.1, -0.05) is 35.9 Å². The van der Waals surface area contributed by atoms with Crippen molar-refractivity contribution in [2.45, 2.75) is 32.4 Å². The Morgan fingerprint density at radius 1 is 1.26 bits per heavy atom. The Morgan fingerprint density at radius 3 is 2.89 bits per heavy atom. The van der Waals surface area contributed by atoms with Crippen molar-refractivity contribution in [2.75, 3.05) is 4.90 Å². The summed E-state index contributed by atoms with van der Waals surface area (Å²) in [6.07, 6.45) is 4.25. The van der Waals surface area contributed by atoms with Gasteiger partial charge in [0.2, 0.25) is 0 Å². The number of benzene rings is 1. The fourth-order valence-electron chi connectivity index (χ4n) is 2.70. The van der Waals surface area contributed by atoms with Crippen molar-refractivity contribution in [3.63, 3.8) is 0 Å². The molecular formula is C16H17ClN2. The van der Waals surface area contributed by atoms with Crippen LogP contribution >= 0.6 is 11.6 Å². The summed E-state index contributed by atoms with van der Waals surface area (Å²) in [5, 5.41) is 0.552. The van der Waals surface area contributed by atoms with Crippen LogP contribution in [0, 0.1) is 0 Å². The lowest BCUT2D eigenvalue weighted by Crippen LogP contribution is -2.36. The summed E-state index contributed by atoms with van der Waals surface area (Å²) in [4.78, 5) is 6.63. The molecule has 0 radical (unpaired) electrons. The Hall–Kier alpha value is -1.54. The molecule has 3 heteroatoms. The van der Waals surface area contributed by atoms with E-state index in [1.165, 1.54) is 29.7 Å². The third kappa shape index (κ3) is 2.59. The third-order valence-corrected chi connectivity index (χ3v) is 4.03. The molecule has 0 bridgehead atoms. The average molecular weight is 273 g/mol. The summed E-state index contributed by atoms with van der Waals surface area (Å²) in [6, 6.07) is 13.2. The van der Waals surface area contributed by atoms with Crippen LogP contribution < -0.4 is 4.90 Å². The molecule has 2 nitrogen and oxygen atoms in total. The number of pyridine rings is 1. The van der Waals surface area contributed by atoms with Gasteiger partial charge in [0.05, 0.1) is 0 Å². The van der Waals surface area contributed by atoms with Gasteiger partial charge >= 0.3 is 0 Å². The van der Waals surface area contributed by atoms with Crippen LogP contribution in [0.15, 0.2) is 42.6 Å². The van der Waals surface area contributed by atoms with Gasteiger partial charge in [-0.3, -0.25) is 0 Å². The molecule has 0 saturated carbocycles. The van der Waals surface area contributed by atoms with Gasteiger partial charge in [0.15, 0.2) is 0 Å². The number of para-hydroxylation sites is 1. The minimum absolute atomic E-state index is 0.552. The number of nitrogens with zero attached hydrogens (tertiary/aromatic N) is 2. The molecule has 98 valence electrons. The van der Waals surface area contributed by atoms with Gasteiger partial charge in [0, 0.05) is 24.5 Å². The lowest BCUT2D eigenvalue weighted by Gasteiger charge is -2.37. The highest BCUT2D eigenvalue weighted by Crippen LogP contribution is 2.31. The van der Waals surface area contributed by atoms with Gasteiger partial charge in [0.1, 0.15) is 5.15 Å². The van der Waals surface area contributed by atoms with Crippen molar-refractivity contribution < 1.29 is 0 Å². The van der Waals surface area contributed by atoms with E-state index in [0.717, 1.165) is 6.54 Å². The summed E-state index contributed by atoms with van der Waals surface area (Å²) >= 11 is 5.84. The molecule has 1 aliphatic rings. The third-order valence-electron chi connectivity index (χ3n) is 3.81. The molecule has 1 atom stereocenters. The first-order valence-corrected chi connectivity index (χ1v) is 7.07. The highest BCUT2D eigenvalue weighted by molar-refractivity contribution is 6.29. The monoisotopic (exact) mass is 272 g/mol. The van der Waals surface area contributed by atoms with Crippen LogP contribution in [0.1, 0.15) is 24.5 Å². The second kappa shape index (κ2) is 5.22. The van der Waals surface area contributed by atoms with Gasteiger partial charge in [-0.05, 0) is 43.0 Å². The molecule has 3 rings (SSSR count). The summed E-state index contributed by atoms with van der Waals surface area (Å²) in [7, 11) is 0. The molecule has 0 saturated heterocycles. The SMILES string of the molecule is CC1CCc2ccccc2N1Cc1ccc(Cl)nc1. The normalized spacial score (nSPS) is 18.2. The number of hydrogen-bond acceptors (Lipinski definition) is 2. The van der Waals surface area contributed by atoms with Crippen molar-refractivity contribution in [3.8, 4) is 0 Å². The zero-order valence-electron chi connectivity index (χ0n) is 11.0. The van der Waals surface area contributed by atoms with E-state index in [2.05, 4.69) is 47.1 Å². The number of rotatable bonds is 2. The summed E-state index contributed by atoms with van der Waals surface area (Å²) in [6.45, 7) is 3.18. The predicted octanol–water partition coefficient (Wildman–Crippen LogP) is 4.08. The van der Waals surface area contributed by atoms with Crippen molar-refractivity contribution in [1.82, 2.24) is 4.98 Å². The maximum atomic E-state index is 5.84. The largest absolute Gasteiger partial charge is 0.364 e. The van der Waals surface area contributed by atoms with E-state index < -0.39 is 0 Å². The van der Waals surface area contributed by atoms with E-state index in [9.17, 15) is 0 Å². The first-order valence-electron chi connectivity index (χ1n) is 6.69. The standard InChI is InChI=1S/C16H17ClN2/c1-12-6-8-14-4-2-3-5-15(14)19(12)11-13-7-9-16(17)18-10-13/h2-5,7,9-10,12H,6,8,11H2,1H3. The molecule has 1 unspecified atom stereocenters. The van der Waals surface area contributed by atoms with Crippen LogP contribution in [0.4, 0.5) is 5.69 Å². The van der Waals surface area contributed by atoms with E-state index in [4.69, 9.17) is 11.6 Å². The smallest absolute Gasteiger partial charge is 0.129 e. The van der Waals surface area contributed by atoms with Crippen LogP contribution in [0.25, 0.3) is 0 Å². The fourth-order valence-corrected chi connectivity index (χ4v) is 2.81. The predicted molar refractivity (Wildman–Crippen MR) is 79.7 cm³/mol. The zero-order valence-corrected chi connectivity index (χ0v) is 11.8. The van der Waals surface area contributed by atoms with E-state index in [-0.39, 0.29) is 0 Å². The number of aryl methyl sites for hydroxylation is 1. The summed E-state index contributed by atoms with van der Waals surface area (Å²) < 4.78 is 0. The fraction of sp³-hybridized carbons (Fsp3) is 0.312. The van der Waals surface area contributed by atoms with E-state index in [1.807, 2.05) is 12.3 Å². The molecule has 0 aliphatic carbocycles. The van der Waals surface area contributed by atoms with E-state index in [0.29, 0.717) is 11.2 Å². The van der Waals surface area contributed by atoms with E-state index in [1.54, 1.807) is 0 Å². The Labute approximate surface area is 119 Å². The molecule has 2 heterocycles. The van der Waals surface area contributed by atoms with Crippen molar-refractivity contribution in [1.29, 1.82) is 0 Å². The van der Waals surface area contributed by atoms with Crippen LogP contribution in [-0.2, 0) is 13.0 Å². The number of halogens is 1. The topological polar surface area (TPSA) is 16.1 Å². The molecule has 1 aromatic heterocycles. The van der Waals surface area contributed by atoms with Crippen molar-refractivity contribution >= 4 is 17.3 Å². The quantitative estimate of drug-likeness (QED) is 0.766. The Kier molecular flexibility index (Phi) is 3.43. The second-order valence-corrected chi connectivity index (χ2v) is 5.52. The number of hydrogen-bond donors (Lipinski definition) is 0. The highest BCUT2D eigenvalue weighted by Gasteiger charge is 2.22. The van der Waals surface area contributed by atoms with Crippen LogP contribution in [0.5, 0.6) is 0 Å². The Bertz CT molecular complexity index is 565. The summed E-state index contributed by atoms with van der Waals surface area (Å²) in [5.74, 6) is 0. The minimum atomic E-state index is 0.552. The van der Waals surface area contributed by atoms with Gasteiger partial charge in [0.25, 0.3) is 0 Å². The molecule has 0 amide bonds. The van der Waals surface area contributed by atoms with Crippen molar-refractivity contribution in [2.24, 2.45) is 0 Å². The molecule has 0 fully saturated rings.